The third-order valence-corrected chi connectivity index (χ3v) is 3.94. The molecule has 3 rings (SSSR count). The van der Waals surface area contributed by atoms with E-state index >= 15 is 0 Å². The fourth-order valence-electron chi connectivity index (χ4n) is 2.73. The predicted molar refractivity (Wildman–Crippen MR) is 74.6 cm³/mol. The number of carbonyl (C=O) groups excluding carboxylic acids is 1. The first-order chi connectivity index (χ1) is 9.16. The maximum Gasteiger partial charge on any atom is 0.251 e. The van der Waals surface area contributed by atoms with Crippen LogP contribution < -0.4 is 10.6 Å². The van der Waals surface area contributed by atoms with Crippen LogP contribution in [0.25, 0.3) is 0 Å². The molecule has 0 bridgehead atoms. The van der Waals surface area contributed by atoms with E-state index in [4.69, 9.17) is 4.74 Å². The number of amides is 1. The molecule has 0 spiro atoms. The van der Waals surface area contributed by atoms with Crippen LogP contribution in [-0.4, -0.2) is 31.2 Å². The molecule has 1 unspecified atom stereocenters. The van der Waals surface area contributed by atoms with Gasteiger partial charge in [-0.1, -0.05) is 0 Å². The molecule has 4 heteroatoms. The highest BCUT2D eigenvalue weighted by molar-refractivity contribution is 5.95. The van der Waals surface area contributed by atoms with Crippen LogP contribution in [0.1, 0.15) is 35.7 Å². The minimum absolute atomic E-state index is 0.00127. The lowest BCUT2D eigenvalue weighted by atomic mass is 9.98. The van der Waals surface area contributed by atoms with Gasteiger partial charge in [0.05, 0.1) is 12.1 Å². The van der Waals surface area contributed by atoms with Crippen molar-refractivity contribution in [2.24, 2.45) is 0 Å². The molecule has 102 valence electrons. The number of anilines is 1. The summed E-state index contributed by atoms with van der Waals surface area (Å²) in [7, 11) is 0. The van der Waals surface area contributed by atoms with E-state index in [9.17, 15) is 4.79 Å². The Labute approximate surface area is 113 Å². The standard InChI is InChI=1S/C15H20N2O2/c1-15(6-8-19-10-15)17-14(18)12-4-5-13-11(9-12)3-2-7-16-13/h4-5,9,16H,2-3,6-8,10H2,1H3,(H,17,18). The number of aryl methyl sites for hydroxylation is 1. The van der Waals surface area contributed by atoms with Crippen molar-refractivity contribution >= 4 is 11.6 Å². The van der Waals surface area contributed by atoms with Gasteiger partial charge in [-0.25, -0.2) is 0 Å². The van der Waals surface area contributed by atoms with Crippen LogP contribution >= 0.6 is 0 Å². The summed E-state index contributed by atoms with van der Waals surface area (Å²) in [6.45, 7) is 4.39. The first-order valence-electron chi connectivity index (χ1n) is 6.93. The van der Waals surface area contributed by atoms with E-state index in [1.165, 1.54) is 11.3 Å². The average molecular weight is 260 g/mol. The summed E-state index contributed by atoms with van der Waals surface area (Å²) in [4.78, 5) is 12.3. The number of nitrogens with one attached hydrogen (secondary N) is 2. The molecule has 1 aromatic rings. The molecule has 0 aliphatic carbocycles. The molecule has 2 heterocycles. The topological polar surface area (TPSA) is 50.4 Å². The zero-order chi connectivity index (χ0) is 13.3. The Morgan fingerprint density at radius 2 is 2.37 bits per heavy atom. The number of benzene rings is 1. The second kappa shape index (κ2) is 4.85. The molecule has 0 saturated carbocycles. The maximum atomic E-state index is 12.3. The average Bonchev–Trinajstić information content (AvgIpc) is 2.84. The van der Waals surface area contributed by atoms with Crippen LogP contribution in [-0.2, 0) is 11.2 Å². The summed E-state index contributed by atoms with van der Waals surface area (Å²) in [6.07, 6.45) is 3.05. The maximum absolute atomic E-state index is 12.3. The Kier molecular flexibility index (Phi) is 3.19. The molecular formula is C15H20N2O2. The number of hydrogen-bond acceptors (Lipinski definition) is 3. The van der Waals surface area contributed by atoms with Crippen molar-refractivity contribution in [1.29, 1.82) is 0 Å². The number of fused-ring (bicyclic) bond motifs is 1. The lowest BCUT2D eigenvalue weighted by Gasteiger charge is -2.24. The Balaban J connectivity index is 1.76. The Hall–Kier alpha value is -1.55. The minimum atomic E-state index is -0.217. The van der Waals surface area contributed by atoms with Gasteiger partial charge in [-0.05, 0) is 49.9 Å². The lowest BCUT2D eigenvalue weighted by molar-refractivity contribution is 0.0890. The molecule has 0 aromatic heterocycles. The molecule has 4 nitrogen and oxygen atoms in total. The normalized spacial score (nSPS) is 25.5. The fraction of sp³-hybridized carbons (Fsp3) is 0.533. The largest absolute Gasteiger partial charge is 0.385 e. The van der Waals surface area contributed by atoms with Gasteiger partial charge in [-0.3, -0.25) is 4.79 Å². The zero-order valence-corrected chi connectivity index (χ0v) is 11.3. The van der Waals surface area contributed by atoms with Crippen LogP contribution in [0.15, 0.2) is 18.2 Å². The van der Waals surface area contributed by atoms with E-state index in [1.807, 2.05) is 25.1 Å². The van der Waals surface area contributed by atoms with Gasteiger partial charge in [0.15, 0.2) is 0 Å². The Morgan fingerprint density at radius 3 is 3.16 bits per heavy atom. The second-order valence-electron chi connectivity index (χ2n) is 5.72. The quantitative estimate of drug-likeness (QED) is 0.854. The molecule has 2 N–H and O–H groups in total. The monoisotopic (exact) mass is 260 g/mol. The van der Waals surface area contributed by atoms with Crippen LogP contribution in [0.2, 0.25) is 0 Å². The summed E-state index contributed by atoms with van der Waals surface area (Å²) in [6, 6.07) is 5.92. The molecule has 1 saturated heterocycles. The van der Waals surface area contributed by atoms with Crippen LogP contribution in [0.3, 0.4) is 0 Å². The van der Waals surface area contributed by atoms with Gasteiger partial charge < -0.3 is 15.4 Å². The van der Waals surface area contributed by atoms with E-state index < -0.39 is 0 Å². The van der Waals surface area contributed by atoms with Crippen molar-refractivity contribution in [3.05, 3.63) is 29.3 Å². The smallest absolute Gasteiger partial charge is 0.251 e. The van der Waals surface area contributed by atoms with Gasteiger partial charge in [0.25, 0.3) is 5.91 Å². The van der Waals surface area contributed by atoms with Crippen molar-refractivity contribution < 1.29 is 9.53 Å². The Morgan fingerprint density at radius 1 is 1.47 bits per heavy atom. The minimum Gasteiger partial charge on any atom is -0.385 e. The lowest BCUT2D eigenvalue weighted by Crippen LogP contribution is -2.46. The van der Waals surface area contributed by atoms with Crippen LogP contribution in [0, 0.1) is 0 Å². The number of hydrogen-bond donors (Lipinski definition) is 2. The van der Waals surface area contributed by atoms with E-state index in [0.29, 0.717) is 6.61 Å². The summed E-state index contributed by atoms with van der Waals surface area (Å²) in [5.41, 5.74) is 2.94. The van der Waals surface area contributed by atoms with Gasteiger partial charge in [-0.2, -0.15) is 0 Å². The van der Waals surface area contributed by atoms with Gasteiger partial charge in [-0.15, -0.1) is 0 Å². The third kappa shape index (κ3) is 2.59. The number of carbonyl (C=O) groups is 1. The molecule has 2 aliphatic heterocycles. The van der Waals surface area contributed by atoms with Crippen molar-refractivity contribution in [3.8, 4) is 0 Å². The highest BCUT2D eigenvalue weighted by atomic mass is 16.5. The van der Waals surface area contributed by atoms with Gasteiger partial charge in [0.1, 0.15) is 0 Å². The number of ether oxygens (including phenoxy) is 1. The molecular weight excluding hydrogens is 240 g/mol. The number of rotatable bonds is 2. The molecule has 1 aromatic carbocycles. The van der Waals surface area contributed by atoms with Crippen LogP contribution in [0.5, 0.6) is 0 Å². The molecule has 2 aliphatic rings. The summed E-state index contributed by atoms with van der Waals surface area (Å²) in [5, 5.41) is 6.45. The van der Waals surface area contributed by atoms with Crippen molar-refractivity contribution in [2.45, 2.75) is 31.7 Å². The van der Waals surface area contributed by atoms with Gasteiger partial charge in [0, 0.05) is 24.4 Å². The summed E-state index contributed by atoms with van der Waals surface area (Å²) in [5.74, 6) is 0.00127. The van der Waals surface area contributed by atoms with E-state index in [0.717, 1.165) is 38.0 Å². The second-order valence-corrected chi connectivity index (χ2v) is 5.72. The van der Waals surface area contributed by atoms with Crippen molar-refractivity contribution in [1.82, 2.24) is 5.32 Å². The summed E-state index contributed by atoms with van der Waals surface area (Å²) >= 11 is 0. The third-order valence-electron chi connectivity index (χ3n) is 3.94. The van der Waals surface area contributed by atoms with Crippen LogP contribution in [0.4, 0.5) is 5.69 Å². The first-order valence-corrected chi connectivity index (χ1v) is 6.93. The molecule has 1 amide bonds. The predicted octanol–water partition coefficient (Wildman–Crippen LogP) is 1.95. The highest BCUT2D eigenvalue weighted by Crippen LogP contribution is 2.24. The van der Waals surface area contributed by atoms with Gasteiger partial charge in [0.2, 0.25) is 0 Å². The van der Waals surface area contributed by atoms with E-state index in [2.05, 4.69) is 10.6 Å². The van der Waals surface area contributed by atoms with Crippen molar-refractivity contribution in [3.63, 3.8) is 0 Å². The zero-order valence-electron chi connectivity index (χ0n) is 11.3. The SMILES string of the molecule is CC1(NC(=O)c2ccc3c(c2)CCCN3)CCOC1. The molecule has 1 atom stereocenters. The fourth-order valence-corrected chi connectivity index (χ4v) is 2.73. The van der Waals surface area contributed by atoms with E-state index in [1.54, 1.807) is 0 Å². The first kappa shape index (κ1) is 12.5. The summed E-state index contributed by atoms with van der Waals surface area (Å²) < 4.78 is 5.36. The van der Waals surface area contributed by atoms with E-state index in [-0.39, 0.29) is 11.4 Å². The highest BCUT2D eigenvalue weighted by Gasteiger charge is 2.31. The molecule has 19 heavy (non-hydrogen) atoms. The molecule has 1 fully saturated rings. The van der Waals surface area contributed by atoms with Gasteiger partial charge >= 0.3 is 0 Å². The molecule has 0 radical (unpaired) electrons. The van der Waals surface area contributed by atoms with Crippen molar-refractivity contribution in [2.75, 3.05) is 25.1 Å². The Bertz CT molecular complexity index is 493.